The van der Waals surface area contributed by atoms with Crippen LogP contribution in [0.15, 0.2) is 28.7 Å². The number of ether oxygens (including phenoxy) is 1. The Hall–Kier alpha value is -0.720. The molecule has 20 heavy (non-hydrogen) atoms. The number of hydrogen-bond donors (Lipinski definition) is 2. The zero-order chi connectivity index (χ0) is 15.0. The van der Waals surface area contributed by atoms with Crippen LogP contribution in [0.25, 0.3) is 0 Å². The van der Waals surface area contributed by atoms with Crippen LogP contribution in [0.1, 0.15) is 13.3 Å². The van der Waals surface area contributed by atoms with Gasteiger partial charge in [-0.1, -0.05) is 22.0 Å². The SMILES string of the molecule is CSCC[C@H](N)C(=O)NCC(C)Oc1cccc(Br)c1. The topological polar surface area (TPSA) is 64.4 Å². The van der Waals surface area contributed by atoms with Crippen LogP contribution in [-0.4, -0.2) is 36.6 Å². The first kappa shape index (κ1) is 17.3. The zero-order valence-corrected chi connectivity index (χ0v) is 14.2. The molecule has 112 valence electrons. The van der Waals surface area contributed by atoms with Gasteiger partial charge in [0.15, 0.2) is 0 Å². The van der Waals surface area contributed by atoms with E-state index in [1.54, 1.807) is 11.8 Å². The van der Waals surface area contributed by atoms with Gasteiger partial charge in [-0.15, -0.1) is 0 Å². The highest BCUT2D eigenvalue weighted by molar-refractivity contribution is 9.10. The lowest BCUT2D eigenvalue weighted by molar-refractivity contribution is -0.122. The average molecular weight is 361 g/mol. The fourth-order valence-corrected chi connectivity index (χ4v) is 2.43. The van der Waals surface area contributed by atoms with Crippen LogP contribution in [0.4, 0.5) is 0 Å². The van der Waals surface area contributed by atoms with Crippen molar-refractivity contribution < 1.29 is 9.53 Å². The van der Waals surface area contributed by atoms with Crippen molar-refractivity contribution in [2.45, 2.75) is 25.5 Å². The van der Waals surface area contributed by atoms with Crippen LogP contribution in [-0.2, 0) is 4.79 Å². The van der Waals surface area contributed by atoms with Crippen molar-refractivity contribution in [2.24, 2.45) is 5.73 Å². The Bertz CT molecular complexity index is 431. The van der Waals surface area contributed by atoms with Crippen LogP contribution < -0.4 is 15.8 Å². The Morgan fingerprint density at radius 2 is 2.30 bits per heavy atom. The highest BCUT2D eigenvalue weighted by Gasteiger charge is 2.14. The highest BCUT2D eigenvalue weighted by Crippen LogP contribution is 2.18. The van der Waals surface area contributed by atoms with E-state index in [1.807, 2.05) is 37.4 Å². The first-order valence-electron chi connectivity index (χ1n) is 6.47. The van der Waals surface area contributed by atoms with E-state index in [1.165, 1.54) is 0 Å². The van der Waals surface area contributed by atoms with Gasteiger partial charge in [0.2, 0.25) is 5.91 Å². The van der Waals surface area contributed by atoms with E-state index < -0.39 is 6.04 Å². The quantitative estimate of drug-likeness (QED) is 0.747. The second-order valence-corrected chi connectivity index (χ2v) is 6.42. The van der Waals surface area contributed by atoms with Crippen molar-refractivity contribution in [3.05, 3.63) is 28.7 Å². The van der Waals surface area contributed by atoms with Crippen LogP contribution in [0, 0.1) is 0 Å². The van der Waals surface area contributed by atoms with Crippen molar-refractivity contribution in [3.63, 3.8) is 0 Å². The Labute approximate surface area is 133 Å². The number of amides is 1. The van der Waals surface area contributed by atoms with Gasteiger partial charge in [0, 0.05) is 4.47 Å². The number of carbonyl (C=O) groups excluding carboxylic acids is 1. The molecule has 0 bridgehead atoms. The van der Waals surface area contributed by atoms with Crippen molar-refractivity contribution in [1.29, 1.82) is 0 Å². The normalized spacial score (nSPS) is 13.6. The molecule has 0 heterocycles. The maximum absolute atomic E-state index is 11.8. The summed E-state index contributed by atoms with van der Waals surface area (Å²) in [5.74, 6) is 1.54. The summed E-state index contributed by atoms with van der Waals surface area (Å²) < 4.78 is 6.68. The van der Waals surface area contributed by atoms with Crippen LogP contribution in [0.5, 0.6) is 5.75 Å². The van der Waals surface area contributed by atoms with Gasteiger partial charge in [0.1, 0.15) is 11.9 Å². The van der Waals surface area contributed by atoms with Crippen LogP contribution >= 0.6 is 27.7 Å². The number of halogens is 1. The molecule has 3 N–H and O–H groups in total. The third kappa shape index (κ3) is 6.63. The minimum atomic E-state index is -0.444. The van der Waals surface area contributed by atoms with E-state index >= 15 is 0 Å². The summed E-state index contributed by atoms with van der Waals surface area (Å²) >= 11 is 5.07. The van der Waals surface area contributed by atoms with Gasteiger partial charge in [-0.3, -0.25) is 4.79 Å². The van der Waals surface area contributed by atoms with Crippen LogP contribution in [0.3, 0.4) is 0 Å². The van der Waals surface area contributed by atoms with Crippen molar-refractivity contribution >= 4 is 33.6 Å². The minimum Gasteiger partial charge on any atom is -0.489 e. The van der Waals surface area contributed by atoms with E-state index in [0.29, 0.717) is 13.0 Å². The third-order valence-electron chi connectivity index (χ3n) is 2.67. The van der Waals surface area contributed by atoms with E-state index in [0.717, 1.165) is 16.0 Å². The van der Waals surface area contributed by atoms with Crippen LogP contribution in [0.2, 0.25) is 0 Å². The second kappa shape index (κ2) is 9.26. The Morgan fingerprint density at radius 3 is 2.95 bits per heavy atom. The van der Waals surface area contributed by atoms with E-state index in [9.17, 15) is 4.79 Å². The third-order valence-corrected chi connectivity index (χ3v) is 3.80. The Morgan fingerprint density at radius 1 is 1.55 bits per heavy atom. The summed E-state index contributed by atoms with van der Waals surface area (Å²) in [5.41, 5.74) is 5.79. The number of carbonyl (C=O) groups is 1. The lowest BCUT2D eigenvalue weighted by Crippen LogP contribution is -2.44. The van der Waals surface area contributed by atoms with E-state index in [2.05, 4.69) is 21.2 Å². The number of nitrogens with two attached hydrogens (primary N) is 1. The predicted molar refractivity (Wildman–Crippen MR) is 88.2 cm³/mol. The molecule has 1 aromatic carbocycles. The van der Waals surface area contributed by atoms with Crippen molar-refractivity contribution in [2.75, 3.05) is 18.6 Å². The van der Waals surface area contributed by atoms with Gasteiger partial charge < -0.3 is 15.8 Å². The molecule has 4 nitrogen and oxygen atoms in total. The molecule has 2 atom stereocenters. The standard InChI is InChI=1S/C14H21BrN2O2S/c1-10(19-12-5-3-4-11(15)8-12)9-17-14(18)13(16)6-7-20-2/h3-5,8,10,13H,6-7,9,16H2,1-2H3,(H,17,18)/t10?,13-/m0/s1. The largest absolute Gasteiger partial charge is 0.489 e. The molecule has 0 fully saturated rings. The van der Waals surface area contributed by atoms with E-state index in [4.69, 9.17) is 10.5 Å². The minimum absolute atomic E-state index is 0.110. The van der Waals surface area contributed by atoms with Gasteiger partial charge in [0.25, 0.3) is 0 Å². The molecule has 1 aromatic rings. The highest BCUT2D eigenvalue weighted by atomic mass is 79.9. The molecule has 0 aromatic heterocycles. The first-order valence-corrected chi connectivity index (χ1v) is 8.66. The molecular formula is C14H21BrN2O2S. The fraction of sp³-hybridized carbons (Fsp3) is 0.500. The summed E-state index contributed by atoms with van der Waals surface area (Å²) in [6.45, 7) is 2.35. The van der Waals surface area contributed by atoms with Gasteiger partial charge in [-0.25, -0.2) is 0 Å². The summed E-state index contributed by atoms with van der Waals surface area (Å²) in [7, 11) is 0. The lowest BCUT2D eigenvalue weighted by atomic mass is 10.2. The second-order valence-electron chi connectivity index (χ2n) is 4.52. The Kier molecular flexibility index (Phi) is 8.02. The maximum Gasteiger partial charge on any atom is 0.237 e. The average Bonchev–Trinajstić information content (AvgIpc) is 2.42. The predicted octanol–water partition coefficient (Wildman–Crippen LogP) is 2.41. The zero-order valence-electron chi connectivity index (χ0n) is 11.8. The molecule has 0 aliphatic heterocycles. The maximum atomic E-state index is 11.8. The smallest absolute Gasteiger partial charge is 0.237 e. The molecule has 0 saturated heterocycles. The van der Waals surface area contributed by atoms with Crippen molar-refractivity contribution in [1.82, 2.24) is 5.32 Å². The van der Waals surface area contributed by atoms with Crippen molar-refractivity contribution in [3.8, 4) is 5.75 Å². The van der Waals surface area contributed by atoms with Gasteiger partial charge in [-0.05, 0) is 43.6 Å². The number of thioether (sulfide) groups is 1. The molecule has 0 saturated carbocycles. The summed E-state index contributed by atoms with van der Waals surface area (Å²) in [6, 6.07) is 7.17. The first-order chi connectivity index (χ1) is 9.52. The number of rotatable bonds is 8. The van der Waals surface area contributed by atoms with Gasteiger partial charge >= 0.3 is 0 Å². The lowest BCUT2D eigenvalue weighted by Gasteiger charge is -2.17. The molecule has 0 spiro atoms. The summed E-state index contributed by atoms with van der Waals surface area (Å²) in [5, 5.41) is 2.82. The molecule has 0 aliphatic rings. The monoisotopic (exact) mass is 360 g/mol. The summed E-state index contributed by atoms with van der Waals surface area (Å²) in [6.07, 6.45) is 2.58. The summed E-state index contributed by atoms with van der Waals surface area (Å²) in [4.78, 5) is 11.8. The van der Waals surface area contributed by atoms with Gasteiger partial charge in [-0.2, -0.15) is 11.8 Å². The van der Waals surface area contributed by atoms with Gasteiger partial charge in [0.05, 0.1) is 12.6 Å². The number of hydrogen-bond acceptors (Lipinski definition) is 4. The number of benzene rings is 1. The Balaban J connectivity index is 2.32. The molecule has 6 heteroatoms. The molecule has 1 amide bonds. The fourth-order valence-electron chi connectivity index (χ4n) is 1.57. The molecule has 1 rings (SSSR count). The number of nitrogens with one attached hydrogen (secondary N) is 1. The molecular weight excluding hydrogens is 340 g/mol. The van der Waals surface area contributed by atoms with E-state index in [-0.39, 0.29) is 12.0 Å². The molecule has 0 aliphatic carbocycles. The molecule has 0 radical (unpaired) electrons. The molecule has 1 unspecified atom stereocenters.